The predicted molar refractivity (Wildman–Crippen MR) is 48.2 cm³/mol. The van der Waals surface area contributed by atoms with Gasteiger partial charge in [-0.25, -0.2) is 0 Å². The van der Waals surface area contributed by atoms with Crippen LogP contribution in [0, 0.1) is 0 Å². The standard InChI is InChI=1S/C10H12O3/c1-7(11)2-3-8-6-9(12)4-5-10(8)13/h4-7,11H,2-3H2,1H3. The zero-order valence-electron chi connectivity index (χ0n) is 7.49. The lowest BCUT2D eigenvalue weighted by Crippen LogP contribution is -2.10. The second-order valence-electron chi connectivity index (χ2n) is 3.16. The fraction of sp³-hybridized carbons (Fsp3) is 0.400. The summed E-state index contributed by atoms with van der Waals surface area (Å²) in [5.41, 5.74) is 0.494. The van der Waals surface area contributed by atoms with Gasteiger partial charge in [0.2, 0.25) is 0 Å². The molecule has 70 valence electrons. The van der Waals surface area contributed by atoms with E-state index in [0.29, 0.717) is 18.4 Å². The molecule has 3 nitrogen and oxygen atoms in total. The van der Waals surface area contributed by atoms with E-state index in [2.05, 4.69) is 0 Å². The lowest BCUT2D eigenvalue weighted by atomic mass is 9.98. The van der Waals surface area contributed by atoms with Gasteiger partial charge in [-0.1, -0.05) is 0 Å². The highest BCUT2D eigenvalue weighted by molar-refractivity contribution is 6.17. The molecule has 1 rings (SSSR count). The molecule has 1 unspecified atom stereocenters. The largest absolute Gasteiger partial charge is 0.393 e. The van der Waals surface area contributed by atoms with Crippen molar-refractivity contribution in [1.82, 2.24) is 0 Å². The van der Waals surface area contributed by atoms with Crippen LogP contribution in [-0.2, 0) is 9.59 Å². The molecule has 0 spiro atoms. The van der Waals surface area contributed by atoms with Crippen molar-refractivity contribution in [3.05, 3.63) is 23.8 Å². The van der Waals surface area contributed by atoms with Gasteiger partial charge in [0, 0.05) is 5.57 Å². The van der Waals surface area contributed by atoms with Crippen molar-refractivity contribution < 1.29 is 14.7 Å². The summed E-state index contributed by atoms with van der Waals surface area (Å²) in [6.45, 7) is 1.66. The molecule has 1 atom stereocenters. The van der Waals surface area contributed by atoms with Gasteiger partial charge in [-0.2, -0.15) is 0 Å². The Morgan fingerprint density at radius 2 is 2.08 bits per heavy atom. The summed E-state index contributed by atoms with van der Waals surface area (Å²) in [6.07, 6.45) is 4.42. The zero-order valence-corrected chi connectivity index (χ0v) is 7.49. The third kappa shape index (κ3) is 2.95. The van der Waals surface area contributed by atoms with Crippen LogP contribution in [0.15, 0.2) is 23.8 Å². The molecular formula is C10H12O3. The molecule has 1 aliphatic carbocycles. The third-order valence-corrected chi connectivity index (χ3v) is 1.86. The van der Waals surface area contributed by atoms with Crippen molar-refractivity contribution in [2.75, 3.05) is 0 Å². The molecule has 13 heavy (non-hydrogen) atoms. The molecule has 0 aromatic carbocycles. The summed E-state index contributed by atoms with van der Waals surface area (Å²) >= 11 is 0. The minimum absolute atomic E-state index is 0.125. The van der Waals surface area contributed by atoms with E-state index in [1.54, 1.807) is 6.92 Å². The van der Waals surface area contributed by atoms with E-state index in [4.69, 9.17) is 5.11 Å². The number of hydrogen-bond donors (Lipinski definition) is 1. The minimum Gasteiger partial charge on any atom is -0.393 e. The number of aliphatic hydroxyl groups is 1. The molecule has 0 aromatic heterocycles. The normalized spacial score (nSPS) is 18.8. The molecule has 0 amide bonds. The van der Waals surface area contributed by atoms with E-state index in [0.717, 1.165) is 0 Å². The summed E-state index contributed by atoms with van der Waals surface area (Å²) in [6, 6.07) is 0. The molecule has 0 aromatic rings. The van der Waals surface area contributed by atoms with Crippen molar-refractivity contribution in [2.45, 2.75) is 25.9 Å². The van der Waals surface area contributed by atoms with E-state index in [-0.39, 0.29) is 11.6 Å². The first-order chi connectivity index (χ1) is 6.09. The molecular weight excluding hydrogens is 168 g/mol. The van der Waals surface area contributed by atoms with Crippen LogP contribution in [0.3, 0.4) is 0 Å². The maximum Gasteiger partial charge on any atom is 0.182 e. The summed E-state index contributed by atoms with van der Waals surface area (Å²) in [7, 11) is 0. The SMILES string of the molecule is CC(O)CCC1=CC(=O)C=CC1=O. The van der Waals surface area contributed by atoms with Gasteiger partial charge in [0.05, 0.1) is 6.10 Å². The average molecular weight is 180 g/mol. The molecule has 3 heteroatoms. The van der Waals surface area contributed by atoms with Gasteiger partial charge in [-0.3, -0.25) is 9.59 Å². The molecule has 0 bridgehead atoms. The van der Waals surface area contributed by atoms with Crippen molar-refractivity contribution in [2.24, 2.45) is 0 Å². The van der Waals surface area contributed by atoms with Crippen LogP contribution < -0.4 is 0 Å². The van der Waals surface area contributed by atoms with E-state index in [1.807, 2.05) is 0 Å². The van der Waals surface area contributed by atoms with Gasteiger partial charge in [0.15, 0.2) is 11.6 Å². The van der Waals surface area contributed by atoms with Crippen LogP contribution in [0.1, 0.15) is 19.8 Å². The van der Waals surface area contributed by atoms with E-state index in [9.17, 15) is 9.59 Å². The minimum atomic E-state index is -0.435. The number of aliphatic hydroxyl groups excluding tert-OH is 1. The Hall–Kier alpha value is -1.22. The number of rotatable bonds is 3. The number of allylic oxidation sites excluding steroid dienone is 4. The Balaban J connectivity index is 2.58. The first-order valence-corrected chi connectivity index (χ1v) is 4.24. The van der Waals surface area contributed by atoms with Crippen molar-refractivity contribution in [1.29, 1.82) is 0 Å². The van der Waals surface area contributed by atoms with Gasteiger partial charge < -0.3 is 5.11 Å². The highest BCUT2D eigenvalue weighted by atomic mass is 16.3. The first-order valence-electron chi connectivity index (χ1n) is 4.24. The highest BCUT2D eigenvalue weighted by Gasteiger charge is 2.13. The molecule has 0 radical (unpaired) electrons. The summed E-state index contributed by atoms with van der Waals surface area (Å²) in [5.74, 6) is -0.277. The molecule has 0 aliphatic heterocycles. The first kappa shape index (κ1) is 9.86. The Bertz CT molecular complexity index is 285. The van der Waals surface area contributed by atoms with Gasteiger partial charge in [-0.05, 0) is 38.0 Å². The highest BCUT2D eigenvalue weighted by Crippen LogP contribution is 2.12. The maximum atomic E-state index is 11.2. The van der Waals surface area contributed by atoms with Crippen LogP contribution in [0.4, 0.5) is 0 Å². The maximum absolute atomic E-state index is 11.2. The second kappa shape index (κ2) is 4.14. The van der Waals surface area contributed by atoms with Crippen LogP contribution in [-0.4, -0.2) is 22.8 Å². The number of hydrogen-bond acceptors (Lipinski definition) is 3. The second-order valence-corrected chi connectivity index (χ2v) is 3.16. The van der Waals surface area contributed by atoms with E-state index in [1.165, 1.54) is 18.2 Å². The molecule has 0 fully saturated rings. The molecule has 1 aliphatic rings. The molecule has 0 saturated carbocycles. The Morgan fingerprint density at radius 3 is 2.69 bits per heavy atom. The van der Waals surface area contributed by atoms with E-state index < -0.39 is 6.10 Å². The van der Waals surface area contributed by atoms with Crippen LogP contribution in [0.5, 0.6) is 0 Å². The third-order valence-electron chi connectivity index (χ3n) is 1.86. The Labute approximate surface area is 76.8 Å². The summed E-state index contributed by atoms with van der Waals surface area (Å²) in [4.78, 5) is 22.0. The van der Waals surface area contributed by atoms with Gasteiger partial charge >= 0.3 is 0 Å². The average Bonchev–Trinajstić information content (AvgIpc) is 2.06. The van der Waals surface area contributed by atoms with E-state index >= 15 is 0 Å². The van der Waals surface area contributed by atoms with Crippen LogP contribution in [0.25, 0.3) is 0 Å². The lowest BCUT2D eigenvalue weighted by molar-refractivity contribution is -0.114. The summed E-state index contributed by atoms with van der Waals surface area (Å²) in [5, 5.41) is 8.99. The topological polar surface area (TPSA) is 54.4 Å². The van der Waals surface area contributed by atoms with Gasteiger partial charge in [0.25, 0.3) is 0 Å². The van der Waals surface area contributed by atoms with Gasteiger partial charge in [0.1, 0.15) is 0 Å². The summed E-state index contributed by atoms with van der Waals surface area (Å²) < 4.78 is 0. The van der Waals surface area contributed by atoms with Gasteiger partial charge in [-0.15, -0.1) is 0 Å². The Kier molecular flexibility index (Phi) is 3.14. The van der Waals surface area contributed by atoms with Crippen molar-refractivity contribution in [3.8, 4) is 0 Å². The molecule has 0 saturated heterocycles. The number of ketones is 2. The fourth-order valence-electron chi connectivity index (χ4n) is 1.12. The fourth-order valence-corrected chi connectivity index (χ4v) is 1.12. The van der Waals surface area contributed by atoms with Crippen LogP contribution >= 0.6 is 0 Å². The molecule has 1 N–H and O–H groups in total. The quantitative estimate of drug-likeness (QED) is 0.653. The number of carbonyl (C=O) groups excluding carboxylic acids is 2. The monoisotopic (exact) mass is 180 g/mol. The van der Waals surface area contributed by atoms with Crippen molar-refractivity contribution in [3.63, 3.8) is 0 Å². The zero-order chi connectivity index (χ0) is 9.84. The lowest BCUT2D eigenvalue weighted by Gasteiger charge is -2.07. The smallest absolute Gasteiger partial charge is 0.182 e. The predicted octanol–water partition coefficient (Wildman–Crippen LogP) is 0.782. The Morgan fingerprint density at radius 1 is 1.38 bits per heavy atom. The van der Waals surface area contributed by atoms with Crippen molar-refractivity contribution >= 4 is 11.6 Å². The number of carbonyl (C=O) groups is 2. The van der Waals surface area contributed by atoms with Crippen LogP contribution in [0.2, 0.25) is 0 Å². The molecule has 0 heterocycles.